The lowest BCUT2D eigenvalue weighted by atomic mass is 9.94. The van der Waals surface area contributed by atoms with E-state index in [0.717, 1.165) is 12.1 Å². The Balaban J connectivity index is 1.69. The van der Waals surface area contributed by atoms with Gasteiger partial charge in [0.15, 0.2) is 0 Å². The lowest BCUT2D eigenvalue weighted by Gasteiger charge is -2.28. The Kier molecular flexibility index (Phi) is 3.51. The molecule has 0 aromatic carbocycles. The maximum absolute atomic E-state index is 6.07. The zero-order valence-electron chi connectivity index (χ0n) is 8.27. The predicted molar refractivity (Wildman–Crippen MR) is 57.3 cm³/mol. The maximum atomic E-state index is 6.07. The van der Waals surface area contributed by atoms with Crippen molar-refractivity contribution < 1.29 is 0 Å². The van der Waals surface area contributed by atoms with Crippen LogP contribution in [0.2, 0.25) is 0 Å². The highest BCUT2D eigenvalue weighted by Crippen LogP contribution is 2.25. The molecule has 1 N–H and O–H groups in total. The molecule has 0 aromatic heterocycles. The number of halogens is 1. The SMILES string of the molecule is ClC1CCC(NC2CCCC2)CC1. The van der Waals surface area contributed by atoms with Gasteiger partial charge in [0.25, 0.3) is 0 Å². The first kappa shape index (κ1) is 9.79. The highest BCUT2D eigenvalue weighted by molar-refractivity contribution is 6.20. The van der Waals surface area contributed by atoms with E-state index >= 15 is 0 Å². The van der Waals surface area contributed by atoms with Crippen molar-refractivity contribution in [1.29, 1.82) is 0 Å². The van der Waals surface area contributed by atoms with Crippen LogP contribution in [0.3, 0.4) is 0 Å². The molecule has 0 amide bonds. The Morgan fingerprint density at radius 2 is 1.31 bits per heavy atom. The Bertz CT molecular complexity index is 146. The van der Waals surface area contributed by atoms with E-state index in [1.165, 1.54) is 51.4 Å². The molecule has 0 atom stereocenters. The van der Waals surface area contributed by atoms with Crippen LogP contribution >= 0.6 is 11.6 Å². The van der Waals surface area contributed by atoms with E-state index in [4.69, 9.17) is 11.6 Å². The molecule has 0 unspecified atom stereocenters. The van der Waals surface area contributed by atoms with Gasteiger partial charge in [-0.1, -0.05) is 12.8 Å². The average molecular weight is 202 g/mol. The minimum atomic E-state index is 0.460. The molecule has 0 heterocycles. The van der Waals surface area contributed by atoms with E-state index < -0.39 is 0 Å². The van der Waals surface area contributed by atoms with E-state index in [-0.39, 0.29) is 0 Å². The zero-order valence-corrected chi connectivity index (χ0v) is 9.02. The lowest BCUT2D eigenvalue weighted by Crippen LogP contribution is -2.39. The molecule has 0 bridgehead atoms. The monoisotopic (exact) mass is 201 g/mol. The van der Waals surface area contributed by atoms with E-state index in [1.807, 2.05) is 0 Å². The molecule has 13 heavy (non-hydrogen) atoms. The number of hydrogen-bond acceptors (Lipinski definition) is 1. The van der Waals surface area contributed by atoms with Gasteiger partial charge in [0.1, 0.15) is 0 Å². The maximum Gasteiger partial charge on any atom is 0.0337 e. The molecule has 2 saturated carbocycles. The smallest absolute Gasteiger partial charge is 0.0337 e. The second-order valence-electron chi connectivity index (χ2n) is 4.60. The summed E-state index contributed by atoms with van der Waals surface area (Å²) in [5.41, 5.74) is 0. The number of rotatable bonds is 2. The normalized spacial score (nSPS) is 36.7. The lowest BCUT2D eigenvalue weighted by molar-refractivity contribution is 0.340. The van der Waals surface area contributed by atoms with Gasteiger partial charge in [-0.2, -0.15) is 0 Å². The molecule has 0 saturated heterocycles. The average Bonchev–Trinajstić information content (AvgIpc) is 2.62. The van der Waals surface area contributed by atoms with Gasteiger partial charge in [-0.3, -0.25) is 0 Å². The molecule has 2 heteroatoms. The Morgan fingerprint density at radius 1 is 0.769 bits per heavy atom. The first-order valence-electron chi connectivity index (χ1n) is 5.75. The quantitative estimate of drug-likeness (QED) is 0.678. The summed E-state index contributed by atoms with van der Waals surface area (Å²) in [6, 6.07) is 1.61. The summed E-state index contributed by atoms with van der Waals surface area (Å²) < 4.78 is 0. The first-order valence-corrected chi connectivity index (χ1v) is 6.18. The van der Waals surface area contributed by atoms with Crippen LogP contribution in [-0.2, 0) is 0 Å². The number of alkyl halides is 1. The van der Waals surface area contributed by atoms with Crippen molar-refractivity contribution in [2.24, 2.45) is 0 Å². The topological polar surface area (TPSA) is 12.0 Å². The van der Waals surface area contributed by atoms with Crippen molar-refractivity contribution in [2.45, 2.75) is 68.8 Å². The van der Waals surface area contributed by atoms with Crippen LogP contribution in [0.4, 0.5) is 0 Å². The highest BCUT2D eigenvalue weighted by atomic mass is 35.5. The van der Waals surface area contributed by atoms with Gasteiger partial charge in [-0.15, -0.1) is 11.6 Å². The summed E-state index contributed by atoms with van der Waals surface area (Å²) in [6.45, 7) is 0. The molecular formula is C11H20ClN. The molecule has 2 rings (SSSR count). The fourth-order valence-corrected chi connectivity index (χ4v) is 2.90. The number of hydrogen-bond donors (Lipinski definition) is 1. The highest BCUT2D eigenvalue weighted by Gasteiger charge is 2.23. The molecule has 76 valence electrons. The third-order valence-electron chi connectivity index (χ3n) is 3.48. The van der Waals surface area contributed by atoms with Gasteiger partial charge in [-0.25, -0.2) is 0 Å². The van der Waals surface area contributed by atoms with Crippen LogP contribution in [0.25, 0.3) is 0 Å². The first-order chi connectivity index (χ1) is 6.34. The minimum absolute atomic E-state index is 0.460. The predicted octanol–water partition coefficient (Wildman–Crippen LogP) is 3.07. The van der Waals surface area contributed by atoms with Crippen molar-refractivity contribution in [3.63, 3.8) is 0 Å². The summed E-state index contributed by atoms with van der Waals surface area (Å²) in [5, 5.41) is 4.24. The summed E-state index contributed by atoms with van der Waals surface area (Å²) >= 11 is 6.07. The summed E-state index contributed by atoms with van der Waals surface area (Å²) in [7, 11) is 0. The van der Waals surface area contributed by atoms with Crippen molar-refractivity contribution in [2.75, 3.05) is 0 Å². The van der Waals surface area contributed by atoms with Crippen molar-refractivity contribution in [3.8, 4) is 0 Å². The van der Waals surface area contributed by atoms with Crippen LogP contribution in [0.15, 0.2) is 0 Å². The van der Waals surface area contributed by atoms with Crippen molar-refractivity contribution >= 4 is 11.6 Å². The molecule has 1 nitrogen and oxygen atoms in total. The summed E-state index contributed by atoms with van der Waals surface area (Å²) in [6.07, 6.45) is 10.7. The van der Waals surface area contributed by atoms with Gasteiger partial charge in [0, 0.05) is 17.5 Å². The van der Waals surface area contributed by atoms with Crippen LogP contribution in [0, 0.1) is 0 Å². The third-order valence-corrected chi connectivity index (χ3v) is 3.92. The summed E-state index contributed by atoms with van der Waals surface area (Å²) in [5.74, 6) is 0. The van der Waals surface area contributed by atoms with Gasteiger partial charge in [0.05, 0.1) is 0 Å². The van der Waals surface area contributed by atoms with Gasteiger partial charge >= 0.3 is 0 Å². The molecular weight excluding hydrogens is 182 g/mol. The largest absolute Gasteiger partial charge is 0.311 e. The summed E-state index contributed by atoms with van der Waals surface area (Å²) in [4.78, 5) is 0. The van der Waals surface area contributed by atoms with Gasteiger partial charge in [0.2, 0.25) is 0 Å². The fraction of sp³-hybridized carbons (Fsp3) is 1.00. The van der Waals surface area contributed by atoms with Crippen molar-refractivity contribution in [1.82, 2.24) is 5.32 Å². The van der Waals surface area contributed by atoms with Crippen LogP contribution in [0.1, 0.15) is 51.4 Å². The van der Waals surface area contributed by atoms with Crippen molar-refractivity contribution in [3.05, 3.63) is 0 Å². The molecule has 0 radical (unpaired) electrons. The van der Waals surface area contributed by atoms with Gasteiger partial charge < -0.3 is 5.32 Å². The van der Waals surface area contributed by atoms with E-state index in [1.54, 1.807) is 0 Å². The van der Waals surface area contributed by atoms with E-state index in [0.29, 0.717) is 5.38 Å². The fourth-order valence-electron chi connectivity index (χ4n) is 2.65. The second-order valence-corrected chi connectivity index (χ2v) is 5.21. The van der Waals surface area contributed by atoms with Crippen LogP contribution < -0.4 is 5.32 Å². The standard InChI is InChI=1S/C11H20ClN/c12-9-5-7-11(8-6-9)13-10-3-1-2-4-10/h9-11,13H,1-8H2. The Morgan fingerprint density at radius 3 is 1.92 bits per heavy atom. The zero-order chi connectivity index (χ0) is 9.10. The second kappa shape index (κ2) is 4.65. The molecule has 2 fully saturated rings. The molecule has 2 aliphatic rings. The molecule has 2 aliphatic carbocycles. The van der Waals surface area contributed by atoms with Gasteiger partial charge in [-0.05, 0) is 38.5 Å². The molecule has 0 aliphatic heterocycles. The third kappa shape index (κ3) is 2.85. The minimum Gasteiger partial charge on any atom is -0.311 e. The molecule has 0 spiro atoms. The van der Waals surface area contributed by atoms with E-state index in [9.17, 15) is 0 Å². The number of nitrogens with one attached hydrogen (secondary N) is 1. The Hall–Kier alpha value is 0.250. The Labute approximate surface area is 86.2 Å². The molecule has 0 aromatic rings. The van der Waals surface area contributed by atoms with E-state index in [2.05, 4.69) is 5.32 Å². The van der Waals surface area contributed by atoms with Crippen LogP contribution in [0.5, 0.6) is 0 Å². The van der Waals surface area contributed by atoms with Crippen LogP contribution in [-0.4, -0.2) is 17.5 Å².